The molecule has 0 radical (unpaired) electrons. The van der Waals surface area contributed by atoms with Crippen LogP contribution in [0.3, 0.4) is 0 Å². The summed E-state index contributed by atoms with van der Waals surface area (Å²) in [5.74, 6) is -2.96. The lowest BCUT2D eigenvalue weighted by Crippen LogP contribution is -2.60. The Balaban J connectivity index is 2.54. The lowest BCUT2D eigenvalue weighted by atomic mass is 10.0. The number of hydrogen-bond acceptors (Lipinski definition) is 4. The molecule has 0 aliphatic heterocycles. The summed E-state index contributed by atoms with van der Waals surface area (Å²) in [6, 6.07) is 9.43. The van der Waals surface area contributed by atoms with Gasteiger partial charge in [-0.1, -0.05) is 41.9 Å². The minimum Gasteiger partial charge on any atom is -0.544 e. The number of benzene rings is 2. The molecule has 0 aliphatic rings. The molecule has 0 saturated carbocycles. The number of alkyl halides is 3. The number of carboxylic acids is 1. The van der Waals surface area contributed by atoms with Crippen LogP contribution in [-0.2, 0) is 21.5 Å². The van der Waals surface area contributed by atoms with Gasteiger partial charge < -0.3 is 20.0 Å². The van der Waals surface area contributed by atoms with Crippen LogP contribution in [0.4, 0.5) is 13.2 Å². The van der Waals surface area contributed by atoms with E-state index in [9.17, 15) is 27.9 Å². The topological polar surface area (TPSA) is 78.5 Å². The summed E-state index contributed by atoms with van der Waals surface area (Å²) in [5.41, 5.74) is -3.52. The molecule has 0 aromatic heterocycles. The van der Waals surface area contributed by atoms with E-state index in [0.29, 0.717) is 12.1 Å². The highest BCUT2D eigenvalue weighted by molar-refractivity contribution is 6.32. The maximum Gasteiger partial charge on any atom is 0.416 e. The molecule has 0 aliphatic carbocycles. The zero-order valence-electron chi connectivity index (χ0n) is 13.3. The van der Waals surface area contributed by atoms with Crippen LogP contribution in [0.5, 0.6) is 5.75 Å². The minimum atomic E-state index is -4.63. The van der Waals surface area contributed by atoms with E-state index in [1.165, 1.54) is 24.3 Å². The van der Waals surface area contributed by atoms with Crippen LogP contribution < -0.4 is 15.2 Å². The van der Waals surface area contributed by atoms with Gasteiger partial charge in [0.1, 0.15) is 11.7 Å². The highest BCUT2D eigenvalue weighted by Gasteiger charge is 2.39. The van der Waals surface area contributed by atoms with Crippen LogP contribution in [0.25, 0.3) is 0 Å². The van der Waals surface area contributed by atoms with Crippen molar-refractivity contribution in [3.63, 3.8) is 0 Å². The maximum absolute atomic E-state index is 12.7. The predicted octanol–water partition coefficient (Wildman–Crippen LogP) is 2.48. The first-order valence-corrected chi connectivity index (χ1v) is 7.55. The van der Waals surface area contributed by atoms with E-state index >= 15 is 0 Å². The van der Waals surface area contributed by atoms with Crippen molar-refractivity contribution in [3.05, 3.63) is 64.7 Å². The Hall–Kier alpha value is -2.74. The zero-order chi connectivity index (χ0) is 19.5. The number of carbonyl (C=O) groups excluding carboxylic acids is 2. The van der Waals surface area contributed by atoms with E-state index in [4.69, 9.17) is 16.3 Å². The van der Waals surface area contributed by atoms with Crippen LogP contribution in [0, 0.1) is 0 Å². The highest BCUT2D eigenvalue weighted by Crippen LogP contribution is 2.37. The van der Waals surface area contributed by atoms with Crippen molar-refractivity contribution in [2.45, 2.75) is 18.8 Å². The molecular formula is C17H12ClF3NO4-. The smallest absolute Gasteiger partial charge is 0.416 e. The largest absolute Gasteiger partial charge is 0.544 e. The third kappa shape index (κ3) is 4.08. The van der Waals surface area contributed by atoms with Crippen molar-refractivity contribution in [3.8, 4) is 5.75 Å². The van der Waals surface area contributed by atoms with Crippen molar-refractivity contribution < 1.29 is 32.6 Å². The molecule has 2 aromatic carbocycles. The molecule has 0 spiro atoms. The first kappa shape index (κ1) is 19.6. The third-order valence-corrected chi connectivity index (χ3v) is 3.64. The van der Waals surface area contributed by atoms with Gasteiger partial charge in [0.05, 0.1) is 10.6 Å². The van der Waals surface area contributed by atoms with Crippen LogP contribution in [-0.4, -0.2) is 11.9 Å². The zero-order valence-corrected chi connectivity index (χ0v) is 14.0. The number of rotatable bonds is 5. The van der Waals surface area contributed by atoms with Gasteiger partial charge in [-0.15, -0.1) is 0 Å². The average Bonchev–Trinajstić information content (AvgIpc) is 2.55. The molecule has 2 rings (SSSR count). The first-order chi connectivity index (χ1) is 12.1. The standard InChI is InChI=1S/C17H13ClF3NO4/c1-10(23)22-16(15(24)25,11-5-3-2-4-6-11)26-14-8-7-12(9-13(14)18)17(19,20)21/h2-9H,1H3,(H,22,23)(H,24,25)/p-1. The fourth-order valence-corrected chi connectivity index (χ4v) is 2.43. The highest BCUT2D eigenvalue weighted by atomic mass is 35.5. The molecule has 1 N–H and O–H groups in total. The number of hydrogen-bond donors (Lipinski definition) is 1. The molecule has 26 heavy (non-hydrogen) atoms. The molecule has 0 fully saturated rings. The normalized spacial score (nSPS) is 13.6. The second-order valence-corrected chi connectivity index (χ2v) is 5.67. The van der Waals surface area contributed by atoms with Gasteiger partial charge >= 0.3 is 6.18 Å². The van der Waals surface area contributed by atoms with Gasteiger partial charge in [-0.05, 0) is 18.2 Å². The predicted molar refractivity (Wildman–Crippen MR) is 84.0 cm³/mol. The van der Waals surface area contributed by atoms with Crippen molar-refractivity contribution >= 4 is 23.5 Å². The Kier molecular flexibility index (Phi) is 5.46. The molecule has 9 heteroatoms. The van der Waals surface area contributed by atoms with Crippen molar-refractivity contribution in [2.24, 2.45) is 0 Å². The quantitative estimate of drug-likeness (QED) is 0.801. The first-order valence-electron chi connectivity index (χ1n) is 7.18. The molecule has 138 valence electrons. The van der Waals surface area contributed by atoms with Crippen LogP contribution in [0.1, 0.15) is 18.1 Å². The van der Waals surface area contributed by atoms with Crippen LogP contribution in [0.2, 0.25) is 5.02 Å². The Morgan fingerprint density at radius 1 is 1.08 bits per heavy atom. The van der Waals surface area contributed by atoms with Gasteiger partial charge in [0.25, 0.3) is 0 Å². The number of carboxylic acid groups (broad SMARTS) is 1. The van der Waals surface area contributed by atoms with E-state index in [-0.39, 0.29) is 11.3 Å². The van der Waals surface area contributed by atoms with Crippen molar-refractivity contribution in [1.82, 2.24) is 5.32 Å². The van der Waals surface area contributed by atoms with Crippen LogP contribution in [0.15, 0.2) is 48.5 Å². The van der Waals surface area contributed by atoms with Gasteiger partial charge in [0.15, 0.2) is 0 Å². The summed E-state index contributed by atoms with van der Waals surface area (Å²) >= 11 is 5.82. The summed E-state index contributed by atoms with van der Waals surface area (Å²) in [6.45, 7) is 1.05. The van der Waals surface area contributed by atoms with Gasteiger partial charge in [-0.25, -0.2) is 0 Å². The Morgan fingerprint density at radius 3 is 2.15 bits per heavy atom. The number of aliphatic carboxylic acids is 1. The van der Waals surface area contributed by atoms with Gasteiger partial charge in [-0.3, -0.25) is 4.79 Å². The minimum absolute atomic E-state index is 0.00818. The molecule has 1 amide bonds. The molecule has 5 nitrogen and oxygen atoms in total. The summed E-state index contributed by atoms with van der Waals surface area (Å²) < 4.78 is 43.6. The SMILES string of the molecule is CC(=O)NC(Oc1ccc(C(F)(F)F)cc1Cl)(C(=O)[O-])c1ccccc1. The molecule has 0 saturated heterocycles. The Morgan fingerprint density at radius 2 is 1.69 bits per heavy atom. The second-order valence-electron chi connectivity index (χ2n) is 5.26. The van der Waals surface area contributed by atoms with E-state index in [0.717, 1.165) is 13.0 Å². The van der Waals surface area contributed by atoms with Gasteiger partial charge in [0.2, 0.25) is 11.6 Å². The maximum atomic E-state index is 12.7. The Labute approximate surface area is 151 Å². The number of nitrogens with one attached hydrogen (secondary N) is 1. The van der Waals surface area contributed by atoms with Crippen molar-refractivity contribution in [1.29, 1.82) is 0 Å². The second kappa shape index (κ2) is 7.25. The molecule has 0 bridgehead atoms. The van der Waals surface area contributed by atoms with Gasteiger partial charge in [0, 0.05) is 12.5 Å². The fraction of sp³-hybridized carbons (Fsp3) is 0.176. The molecule has 1 atom stereocenters. The van der Waals surface area contributed by atoms with Crippen LogP contribution >= 0.6 is 11.6 Å². The molecule has 1 unspecified atom stereocenters. The number of ether oxygens (including phenoxy) is 1. The van der Waals surface area contributed by atoms with E-state index in [2.05, 4.69) is 5.32 Å². The Bertz CT molecular complexity index is 827. The average molecular weight is 387 g/mol. The van der Waals surface area contributed by atoms with E-state index < -0.39 is 34.4 Å². The van der Waals surface area contributed by atoms with E-state index in [1.807, 2.05) is 0 Å². The number of halogens is 4. The molecular weight excluding hydrogens is 375 g/mol. The van der Waals surface area contributed by atoms with E-state index in [1.54, 1.807) is 6.07 Å². The number of amides is 1. The molecule has 0 heterocycles. The summed E-state index contributed by atoms with van der Waals surface area (Å²) in [5, 5.41) is 13.5. The molecule has 2 aromatic rings. The number of carbonyl (C=O) groups is 2. The lowest BCUT2D eigenvalue weighted by Gasteiger charge is -2.36. The van der Waals surface area contributed by atoms with Crippen molar-refractivity contribution in [2.75, 3.05) is 0 Å². The lowest BCUT2D eigenvalue weighted by molar-refractivity contribution is -0.326. The summed E-state index contributed by atoms with van der Waals surface area (Å²) in [4.78, 5) is 23.4. The summed E-state index contributed by atoms with van der Waals surface area (Å²) in [7, 11) is 0. The fourth-order valence-electron chi connectivity index (χ4n) is 2.21. The summed E-state index contributed by atoms with van der Waals surface area (Å²) in [6.07, 6.45) is -4.63. The van der Waals surface area contributed by atoms with Gasteiger partial charge in [-0.2, -0.15) is 13.2 Å². The third-order valence-electron chi connectivity index (χ3n) is 3.34. The monoisotopic (exact) mass is 386 g/mol.